The number of ether oxygens (including phenoxy) is 1. The lowest BCUT2D eigenvalue weighted by atomic mass is 9.82. The van der Waals surface area contributed by atoms with Crippen molar-refractivity contribution in [2.75, 3.05) is 31.6 Å². The molecule has 1 aromatic rings. The maximum absolute atomic E-state index is 12.0. The highest BCUT2D eigenvalue weighted by Gasteiger charge is 2.53. The highest BCUT2D eigenvalue weighted by Crippen LogP contribution is 2.47. The number of carbonyl (C=O) groups is 1. The van der Waals surface area contributed by atoms with Crippen molar-refractivity contribution >= 4 is 17.6 Å². The number of nitrogens with one attached hydrogen (secondary N) is 1. The smallest absolute Gasteiger partial charge is 0.227 e. The van der Waals surface area contributed by atoms with Crippen molar-refractivity contribution in [2.45, 2.75) is 44.4 Å². The third-order valence-corrected chi connectivity index (χ3v) is 6.71. The van der Waals surface area contributed by atoms with Crippen LogP contribution in [-0.2, 0) is 16.1 Å². The van der Waals surface area contributed by atoms with Gasteiger partial charge < -0.3 is 19.9 Å². The second kappa shape index (κ2) is 6.82. The zero-order chi connectivity index (χ0) is 18.4. The predicted molar refractivity (Wildman–Crippen MR) is 105 cm³/mol. The van der Waals surface area contributed by atoms with Crippen molar-refractivity contribution in [3.8, 4) is 0 Å². The highest BCUT2D eigenvalue weighted by molar-refractivity contribution is 5.95. The van der Waals surface area contributed by atoms with Crippen molar-refractivity contribution in [3.05, 3.63) is 29.8 Å². The molecule has 4 saturated heterocycles. The van der Waals surface area contributed by atoms with Gasteiger partial charge in [0.15, 0.2) is 5.96 Å². The SMILES string of the molecule is CN=C(NCc1cccc(N2CCCC2=O)c1)N1CC2C3CCC(O3)C2C1. The van der Waals surface area contributed by atoms with E-state index in [0.29, 0.717) is 30.5 Å². The molecule has 5 rings (SSSR count). The van der Waals surface area contributed by atoms with E-state index in [9.17, 15) is 4.79 Å². The monoisotopic (exact) mass is 368 g/mol. The number of carbonyl (C=O) groups excluding carboxylic acids is 1. The third kappa shape index (κ3) is 3.00. The summed E-state index contributed by atoms with van der Waals surface area (Å²) in [4.78, 5) is 20.8. The van der Waals surface area contributed by atoms with Gasteiger partial charge in [-0.2, -0.15) is 0 Å². The average molecular weight is 368 g/mol. The standard InChI is InChI=1S/C21H28N4O2/c1-22-21(24-12-16-17(13-24)19-8-7-18(16)27-19)23-11-14-4-2-5-15(10-14)25-9-3-6-20(25)26/h2,4-5,10,16-19H,3,6-9,11-13H2,1H3,(H,22,23). The lowest BCUT2D eigenvalue weighted by Gasteiger charge is -2.23. The van der Waals surface area contributed by atoms with E-state index in [1.807, 2.05) is 24.1 Å². The van der Waals surface area contributed by atoms with Crippen LogP contribution in [0.3, 0.4) is 0 Å². The number of anilines is 1. The molecule has 1 amide bonds. The number of amides is 1. The molecule has 6 heteroatoms. The highest BCUT2D eigenvalue weighted by atomic mass is 16.5. The first kappa shape index (κ1) is 17.0. The molecule has 0 aliphatic carbocycles. The molecule has 4 unspecified atom stereocenters. The molecule has 4 fully saturated rings. The average Bonchev–Trinajstić information content (AvgIpc) is 3.44. The van der Waals surface area contributed by atoms with Gasteiger partial charge >= 0.3 is 0 Å². The van der Waals surface area contributed by atoms with Crippen LogP contribution in [-0.4, -0.2) is 55.7 Å². The quantitative estimate of drug-likeness (QED) is 0.655. The van der Waals surface area contributed by atoms with E-state index < -0.39 is 0 Å². The lowest BCUT2D eigenvalue weighted by Crippen LogP contribution is -2.41. The van der Waals surface area contributed by atoms with Gasteiger partial charge in [0.2, 0.25) is 5.91 Å². The van der Waals surface area contributed by atoms with Crippen LogP contribution >= 0.6 is 0 Å². The summed E-state index contributed by atoms with van der Waals surface area (Å²) in [7, 11) is 1.86. The number of hydrogen-bond acceptors (Lipinski definition) is 3. The molecule has 1 N–H and O–H groups in total. The fourth-order valence-electron chi connectivity index (χ4n) is 5.40. The largest absolute Gasteiger partial charge is 0.374 e. The number of hydrogen-bond donors (Lipinski definition) is 1. The Morgan fingerprint density at radius 2 is 2.04 bits per heavy atom. The molecule has 1 aromatic carbocycles. The van der Waals surface area contributed by atoms with Crippen molar-refractivity contribution in [3.63, 3.8) is 0 Å². The number of guanidine groups is 1. The molecule has 0 radical (unpaired) electrons. The van der Waals surface area contributed by atoms with E-state index in [1.54, 1.807) is 0 Å². The summed E-state index contributed by atoms with van der Waals surface area (Å²) >= 11 is 0. The Labute approximate surface area is 160 Å². The molecule has 4 aliphatic rings. The first-order chi connectivity index (χ1) is 13.2. The van der Waals surface area contributed by atoms with E-state index >= 15 is 0 Å². The van der Waals surface area contributed by atoms with Gasteiger partial charge in [-0.05, 0) is 37.0 Å². The van der Waals surface area contributed by atoms with E-state index in [0.717, 1.165) is 44.2 Å². The summed E-state index contributed by atoms with van der Waals surface area (Å²) in [6.07, 6.45) is 5.02. The normalized spacial score (nSPS) is 32.5. The van der Waals surface area contributed by atoms with Crippen molar-refractivity contribution in [1.29, 1.82) is 0 Å². The first-order valence-corrected chi connectivity index (χ1v) is 10.2. The van der Waals surface area contributed by atoms with Gasteiger partial charge in [0.1, 0.15) is 0 Å². The second-order valence-electron chi connectivity index (χ2n) is 8.24. The third-order valence-electron chi connectivity index (χ3n) is 6.71. The minimum atomic E-state index is 0.233. The summed E-state index contributed by atoms with van der Waals surface area (Å²) in [5.74, 6) is 2.56. The number of rotatable bonds is 3. The summed E-state index contributed by atoms with van der Waals surface area (Å²) in [5, 5.41) is 3.53. The van der Waals surface area contributed by atoms with Crippen LogP contribution in [0.25, 0.3) is 0 Å². The van der Waals surface area contributed by atoms with Crippen LogP contribution in [0.1, 0.15) is 31.2 Å². The fraction of sp³-hybridized carbons (Fsp3) is 0.619. The summed E-state index contributed by atoms with van der Waals surface area (Å²) in [6.45, 7) is 3.65. The van der Waals surface area contributed by atoms with Gasteiger partial charge in [-0.1, -0.05) is 12.1 Å². The van der Waals surface area contributed by atoms with Crippen LogP contribution in [0.4, 0.5) is 5.69 Å². The summed E-state index contributed by atoms with van der Waals surface area (Å²) in [6, 6.07) is 8.29. The number of aliphatic imine (C=N–C) groups is 1. The second-order valence-corrected chi connectivity index (χ2v) is 8.24. The Kier molecular flexibility index (Phi) is 4.31. The Balaban J connectivity index is 1.22. The van der Waals surface area contributed by atoms with E-state index in [1.165, 1.54) is 18.4 Å². The van der Waals surface area contributed by atoms with Crippen LogP contribution in [0.2, 0.25) is 0 Å². The molecule has 4 heterocycles. The van der Waals surface area contributed by atoms with Gasteiger partial charge in [0.25, 0.3) is 0 Å². The van der Waals surface area contributed by atoms with Gasteiger partial charge in [-0.15, -0.1) is 0 Å². The molecule has 0 saturated carbocycles. The molecule has 27 heavy (non-hydrogen) atoms. The first-order valence-electron chi connectivity index (χ1n) is 10.2. The lowest BCUT2D eigenvalue weighted by molar-refractivity contribution is -0.117. The van der Waals surface area contributed by atoms with Gasteiger partial charge in [0, 0.05) is 57.2 Å². The Morgan fingerprint density at radius 3 is 2.70 bits per heavy atom. The zero-order valence-electron chi connectivity index (χ0n) is 15.9. The van der Waals surface area contributed by atoms with Gasteiger partial charge in [-0.25, -0.2) is 0 Å². The maximum atomic E-state index is 12.0. The summed E-state index contributed by atoms with van der Waals surface area (Å²) in [5.41, 5.74) is 2.19. The minimum absolute atomic E-state index is 0.233. The fourth-order valence-corrected chi connectivity index (χ4v) is 5.40. The zero-order valence-corrected chi connectivity index (χ0v) is 15.9. The van der Waals surface area contributed by atoms with Crippen LogP contribution in [0.15, 0.2) is 29.3 Å². The van der Waals surface area contributed by atoms with Crippen molar-refractivity contribution in [1.82, 2.24) is 10.2 Å². The van der Waals surface area contributed by atoms with Crippen LogP contribution in [0.5, 0.6) is 0 Å². The van der Waals surface area contributed by atoms with Crippen molar-refractivity contribution in [2.24, 2.45) is 16.8 Å². The predicted octanol–water partition coefficient (Wildman–Crippen LogP) is 2.00. The van der Waals surface area contributed by atoms with Gasteiger partial charge in [-0.3, -0.25) is 9.79 Å². The van der Waals surface area contributed by atoms with Gasteiger partial charge in [0.05, 0.1) is 12.2 Å². The molecular weight excluding hydrogens is 340 g/mol. The summed E-state index contributed by atoms with van der Waals surface area (Å²) < 4.78 is 6.08. The number of likely N-dealkylation sites (tertiary alicyclic amines) is 1. The van der Waals surface area contributed by atoms with E-state index in [4.69, 9.17) is 4.74 Å². The molecule has 144 valence electrons. The van der Waals surface area contributed by atoms with E-state index in [2.05, 4.69) is 27.3 Å². The molecular formula is C21H28N4O2. The van der Waals surface area contributed by atoms with Crippen LogP contribution in [0, 0.1) is 11.8 Å². The Bertz CT molecular complexity index is 746. The molecule has 0 aromatic heterocycles. The number of fused-ring (bicyclic) bond motifs is 5. The van der Waals surface area contributed by atoms with Crippen LogP contribution < -0.4 is 10.2 Å². The molecule has 6 nitrogen and oxygen atoms in total. The maximum Gasteiger partial charge on any atom is 0.227 e. The molecule has 4 aliphatic heterocycles. The molecule has 2 bridgehead atoms. The minimum Gasteiger partial charge on any atom is -0.374 e. The number of benzene rings is 1. The Hall–Kier alpha value is -2.08. The Morgan fingerprint density at radius 1 is 1.26 bits per heavy atom. The van der Waals surface area contributed by atoms with Crippen molar-refractivity contribution < 1.29 is 9.53 Å². The van der Waals surface area contributed by atoms with E-state index in [-0.39, 0.29) is 5.91 Å². The number of nitrogens with zero attached hydrogens (tertiary/aromatic N) is 3. The molecule has 0 spiro atoms. The molecule has 4 atom stereocenters. The topological polar surface area (TPSA) is 57.2 Å².